The van der Waals surface area contributed by atoms with Crippen molar-refractivity contribution in [2.45, 2.75) is 12.0 Å². The van der Waals surface area contributed by atoms with E-state index in [0.717, 1.165) is 5.56 Å². The molecule has 0 amide bonds. The Labute approximate surface area is 139 Å². The Bertz CT molecular complexity index is 795. The first-order chi connectivity index (χ1) is 11.6. The normalized spacial score (nSPS) is 20.0. The van der Waals surface area contributed by atoms with Crippen LogP contribution in [0.25, 0.3) is 5.57 Å². The molecule has 0 saturated carbocycles. The van der Waals surface area contributed by atoms with Gasteiger partial charge in [0, 0.05) is 6.42 Å². The summed E-state index contributed by atoms with van der Waals surface area (Å²) in [5.41, 5.74) is -0.275. The first kappa shape index (κ1) is 15.8. The number of methoxy groups -OCH3 is 1. The lowest BCUT2D eigenvalue weighted by Gasteiger charge is -2.28. The highest BCUT2D eigenvalue weighted by molar-refractivity contribution is 6.11. The molecular weight excluding hydrogens is 308 g/mol. The van der Waals surface area contributed by atoms with Gasteiger partial charge in [0.05, 0.1) is 12.7 Å². The SMILES string of the molecule is COC(=O)[C@]1(Cc2ccccc2)OC(=O)C(O)=C1c1ccccc1. The average molecular weight is 324 g/mol. The highest BCUT2D eigenvalue weighted by Crippen LogP contribution is 2.42. The zero-order valence-corrected chi connectivity index (χ0v) is 13.1. The maximum atomic E-state index is 12.6. The fourth-order valence-corrected chi connectivity index (χ4v) is 2.91. The number of carbonyl (C=O) groups is 2. The molecule has 0 radical (unpaired) electrons. The molecule has 0 spiro atoms. The summed E-state index contributed by atoms with van der Waals surface area (Å²) in [4.78, 5) is 24.6. The molecule has 1 aliphatic heterocycles. The standard InChI is InChI=1S/C19H16O5/c1-23-18(22)19(12-13-8-4-2-5-9-13)15(16(20)17(21)24-19)14-10-6-3-7-11-14/h2-11,20H,12H2,1H3/t19-/m1/s1. The molecule has 0 saturated heterocycles. The predicted octanol–water partition coefficient (Wildman–Crippen LogP) is 2.67. The van der Waals surface area contributed by atoms with Gasteiger partial charge in [-0.25, -0.2) is 9.59 Å². The first-order valence-electron chi connectivity index (χ1n) is 7.43. The van der Waals surface area contributed by atoms with Gasteiger partial charge in [-0.15, -0.1) is 0 Å². The second kappa shape index (κ2) is 6.20. The Morgan fingerprint density at radius 2 is 1.67 bits per heavy atom. The van der Waals surface area contributed by atoms with Crippen LogP contribution in [0.5, 0.6) is 0 Å². The number of aliphatic hydroxyl groups excluding tert-OH is 1. The minimum atomic E-state index is -1.71. The highest BCUT2D eigenvalue weighted by Gasteiger charge is 2.55. The molecule has 0 aromatic heterocycles. The molecule has 122 valence electrons. The van der Waals surface area contributed by atoms with Crippen molar-refractivity contribution >= 4 is 17.5 Å². The van der Waals surface area contributed by atoms with Gasteiger partial charge in [0.25, 0.3) is 0 Å². The number of carbonyl (C=O) groups excluding carboxylic acids is 2. The van der Waals surface area contributed by atoms with Crippen LogP contribution >= 0.6 is 0 Å². The van der Waals surface area contributed by atoms with Gasteiger partial charge in [0.1, 0.15) is 0 Å². The topological polar surface area (TPSA) is 72.8 Å². The van der Waals surface area contributed by atoms with Crippen LogP contribution in [-0.2, 0) is 25.5 Å². The van der Waals surface area contributed by atoms with Crippen molar-refractivity contribution in [3.8, 4) is 0 Å². The maximum Gasteiger partial charge on any atom is 0.375 e. The highest BCUT2D eigenvalue weighted by atomic mass is 16.6. The second-order valence-electron chi connectivity index (χ2n) is 5.46. The molecule has 1 N–H and O–H groups in total. The number of ether oxygens (including phenoxy) is 2. The third-order valence-corrected chi connectivity index (χ3v) is 3.97. The lowest BCUT2D eigenvalue weighted by Crippen LogP contribution is -2.44. The van der Waals surface area contributed by atoms with Crippen molar-refractivity contribution < 1.29 is 24.2 Å². The summed E-state index contributed by atoms with van der Waals surface area (Å²) in [5, 5.41) is 10.3. The molecule has 5 nitrogen and oxygen atoms in total. The molecule has 1 heterocycles. The fraction of sp³-hybridized carbons (Fsp3) is 0.158. The smallest absolute Gasteiger partial charge is 0.375 e. The van der Waals surface area contributed by atoms with Gasteiger partial charge in [-0.1, -0.05) is 60.7 Å². The third kappa shape index (κ3) is 2.54. The zero-order valence-electron chi connectivity index (χ0n) is 13.1. The van der Waals surface area contributed by atoms with Crippen molar-refractivity contribution in [2.75, 3.05) is 7.11 Å². The molecule has 1 atom stereocenters. The van der Waals surface area contributed by atoms with Crippen molar-refractivity contribution in [1.29, 1.82) is 0 Å². The number of hydrogen-bond acceptors (Lipinski definition) is 5. The van der Waals surface area contributed by atoms with E-state index in [1.165, 1.54) is 7.11 Å². The summed E-state index contributed by atoms with van der Waals surface area (Å²) in [5.74, 6) is -2.24. The number of benzene rings is 2. The van der Waals surface area contributed by atoms with Gasteiger partial charge < -0.3 is 14.6 Å². The van der Waals surface area contributed by atoms with E-state index in [2.05, 4.69) is 0 Å². The molecule has 1 aliphatic rings. The van der Waals surface area contributed by atoms with Crippen LogP contribution < -0.4 is 0 Å². The van der Waals surface area contributed by atoms with Crippen molar-refractivity contribution in [3.05, 3.63) is 77.5 Å². The Balaban J connectivity index is 2.17. The summed E-state index contributed by atoms with van der Waals surface area (Å²) < 4.78 is 10.2. The molecule has 3 rings (SSSR count). The van der Waals surface area contributed by atoms with E-state index in [0.29, 0.717) is 5.56 Å². The summed E-state index contributed by atoms with van der Waals surface area (Å²) >= 11 is 0. The van der Waals surface area contributed by atoms with E-state index in [1.54, 1.807) is 30.3 Å². The van der Waals surface area contributed by atoms with Crippen LogP contribution in [0.3, 0.4) is 0 Å². The van der Waals surface area contributed by atoms with Crippen LogP contribution in [0.15, 0.2) is 66.4 Å². The van der Waals surface area contributed by atoms with Gasteiger partial charge in [-0.3, -0.25) is 0 Å². The largest absolute Gasteiger partial charge is 0.502 e. The average Bonchev–Trinajstić information content (AvgIpc) is 2.87. The molecule has 0 fully saturated rings. The van der Waals surface area contributed by atoms with Gasteiger partial charge in [-0.05, 0) is 11.1 Å². The maximum absolute atomic E-state index is 12.6. The van der Waals surface area contributed by atoms with E-state index < -0.39 is 23.3 Å². The Morgan fingerprint density at radius 1 is 1.08 bits per heavy atom. The van der Waals surface area contributed by atoms with Crippen LogP contribution in [0.4, 0.5) is 0 Å². The minimum Gasteiger partial charge on any atom is -0.502 e. The van der Waals surface area contributed by atoms with Gasteiger partial charge in [0.15, 0.2) is 0 Å². The monoisotopic (exact) mass is 324 g/mol. The van der Waals surface area contributed by atoms with E-state index in [1.807, 2.05) is 30.3 Å². The van der Waals surface area contributed by atoms with Crippen molar-refractivity contribution in [3.63, 3.8) is 0 Å². The summed E-state index contributed by atoms with van der Waals surface area (Å²) in [6, 6.07) is 17.8. The molecule has 2 aromatic carbocycles. The van der Waals surface area contributed by atoms with E-state index in [4.69, 9.17) is 9.47 Å². The number of hydrogen-bond donors (Lipinski definition) is 1. The van der Waals surface area contributed by atoms with Gasteiger partial charge in [0.2, 0.25) is 11.4 Å². The minimum absolute atomic E-state index is 0.0700. The Hall–Kier alpha value is -3.08. The first-order valence-corrected chi connectivity index (χ1v) is 7.43. The van der Waals surface area contributed by atoms with Crippen LogP contribution in [-0.4, -0.2) is 29.8 Å². The summed E-state index contributed by atoms with van der Waals surface area (Å²) in [6.07, 6.45) is 0.0700. The molecule has 0 unspecified atom stereocenters. The molecule has 2 aromatic rings. The molecular formula is C19H16O5. The summed E-state index contributed by atoms with van der Waals surface area (Å²) in [7, 11) is 1.22. The molecule has 24 heavy (non-hydrogen) atoms. The molecule has 5 heteroatoms. The number of esters is 2. The zero-order chi connectivity index (χ0) is 17.2. The third-order valence-electron chi connectivity index (χ3n) is 3.97. The Kier molecular flexibility index (Phi) is 4.08. The van der Waals surface area contributed by atoms with Crippen LogP contribution in [0, 0.1) is 0 Å². The van der Waals surface area contributed by atoms with Gasteiger partial charge in [-0.2, -0.15) is 0 Å². The van der Waals surface area contributed by atoms with Crippen molar-refractivity contribution in [1.82, 2.24) is 0 Å². The van der Waals surface area contributed by atoms with Crippen molar-refractivity contribution in [2.24, 2.45) is 0 Å². The number of rotatable bonds is 4. The number of cyclic esters (lactones) is 1. The fourth-order valence-electron chi connectivity index (χ4n) is 2.91. The lowest BCUT2D eigenvalue weighted by atomic mass is 9.83. The van der Waals surface area contributed by atoms with Crippen LogP contribution in [0.2, 0.25) is 0 Å². The van der Waals surface area contributed by atoms with E-state index >= 15 is 0 Å². The van der Waals surface area contributed by atoms with Crippen LogP contribution in [0.1, 0.15) is 11.1 Å². The second-order valence-corrected chi connectivity index (χ2v) is 5.46. The summed E-state index contributed by atoms with van der Waals surface area (Å²) in [6.45, 7) is 0. The Morgan fingerprint density at radius 3 is 2.25 bits per heavy atom. The number of aliphatic hydroxyl groups is 1. The molecule has 0 aliphatic carbocycles. The van der Waals surface area contributed by atoms with E-state index in [9.17, 15) is 14.7 Å². The van der Waals surface area contributed by atoms with E-state index in [-0.39, 0.29) is 12.0 Å². The van der Waals surface area contributed by atoms with Gasteiger partial charge >= 0.3 is 11.9 Å². The quantitative estimate of drug-likeness (QED) is 0.875. The molecule has 0 bridgehead atoms. The predicted molar refractivity (Wildman–Crippen MR) is 87.0 cm³/mol. The lowest BCUT2D eigenvalue weighted by molar-refractivity contribution is -0.169.